The first-order chi connectivity index (χ1) is 20.9. The lowest BCUT2D eigenvalue weighted by Gasteiger charge is -2.25. The van der Waals surface area contributed by atoms with E-state index >= 15 is 0 Å². The fourth-order valence-corrected chi connectivity index (χ4v) is 5.16. The van der Waals surface area contributed by atoms with E-state index in [1.807, 2.05) is 37.3 Å². The smallest absolute Gasteiger partial charge is 0.338 e. The maximum Gasteiger partial charge on any atom is 0.338 e. The predicted octanol–water partition coefficient (Wildman–Crippen LogP) is 7.22. The van der Waals surface area contributed by atoms with E-state index < -0.39 is 29.2 Å². The quantitative estimate of drug-likeness (QED) is 0.136. The molecule has 0 aliphatic carbocycles. The average Bonchev–Trinajstić information content (AvgIpc) is 3.33. The highest BCUT2D eigenvalue weighted by molar-refractivity contribution is 6.10. The lowest BCUT2D eigenvalue weighted by atomic mass is 9.98. The van der Waals surface area contributed by atoms with E-state index in [9.17, 15) is 18.8 Å². The highest BCUT2D eigenvalue weighted by Gasteiger charge is 2.43. The van der Waals surface area contributed by atoms with Gasteiger partial charge in [0, 0.05) is 5.69 Å². The molecule has 5 aromatic rings. The Kier molecular flexibility index (Phi) is 7.75. The number of amides is 1. The second kappa shape index (κ2) is 11.9. The summed E-state index contributed by atoms with van der Waals surface area (Å²) in [6.45, 7) is 2.71. The number of halogens is 1. The molecule has 2 heterocycles. The maximum absolute atomic E-state index is 14.1. The van der Waals surface area contributed by atoms with Crippen molar-refractivity contribution in [1.29, 1.82) is 0 Å². The zero-order valence-corrected chi connectivity index (χ0v) is 23.4. The second-order valence-corrected chi connectivity index (χ2v) is 10.3. The number of fused-ring (bicyclic) bond motifs is 2. The third kappa shape index (κ3) is 5.51. The first-order valence-electron chi connectivity index (χ1n) is 14.1. The zero-order valence-electron chi connectivity index (χ0n) is 23.4. The number of nitrogens with zero attached hydrogens (tertiary/aromatic N) is 1. The molecule has 0 saturated carbocycles. The van der Waals surface area contributed by atoms with Crippen LogP contribution in [0.4, 0.5) is 10.1 Å². The number of ether oxygens (including phenoxy) is 2. The molecular formula is C35H28FNO6. The fraction of sp³-hybridized carbons (Fsp3) is 0.171. The van der Waals surface area contributed by atoms with Gasteiger partial charge in [-0.1, -0.05) is 55.8 Å². The molecule has 0 N–H and O–H groups in total. The number of unbranched alkanes of at least 4 members (excludes halogenated alkanes) is 1. The van der Waals surface area contributed by atoms with Crippen molar-refractivity contribution in [2.45, 2.75) is 32.4 Å². The van der Waals surface area contributed by atoms with Gasteiger partial charge in [-0.2, -0.15) is 0 Å². The Labute approximate surface area is 247 Å². The normalized spacial score (nSPS) is 14.1. The van der Waals surface area contributed by atoms with Crippen molar-refractivity contribution in [3.8, 4) is 5.75 Å². The minimum Gasteiger partial charge on any atom is -0.489 e. The van der Waals surface area contributed by atoms with Gasteiger partial charge in [0.2, 0.25) is 5.76 Å². The monoisotopic (exact) mass is 577 g/mol. The molecule has 0 radical (unpaired) electrons. The largest absolute Gasteiger partial charge is 0.489 e. The van der Waals surface area contributed by atoms with Crippen molar-refractivity contribution < 1.29 is 27.9 Å². The first-order valence-corrected chi connectivity index (χ1v) is 14.1. The molecule has 8 heteroatoms. The zero-order chi connectivity index (χ0) is 29.9. The van der Waals surface area contributed by atoms with Crippen LogP contribution in [0.1, 0.15) is 63.4 Å². The van der Waals surface area contributed by atoms with Crippen molar-refractivity contribution in [1.82, 2.24) is 0 Å². The summed E-state index contributed by atoms with van der Waals surface area (Å²) >= 11 is 0. The molecule has 1 atom stereocenters. The van der Waals surface area contributed by atoms with Gasteiger partial charge in [-0.05, 0) is 72.1 Å². The molecule has 1 aromatic heterocycles. The third-order valence-electron chi connectivity index (χ3n) is 7.39. The van der Waals surface area contributed by atoms with E-state index in [0.29, 0.717) is 35.8 Å². The topological polar surface area (TPSA) is 86.0 Å². The summed E-state index contributed by atoms with van der Waals surface area (Å²) in [4.78, 5) is 41.6. The second-order valence-electron chi connectivity index (χ2n) is 10.3. The van der Waals surface area contributed by atoms with Crippen molar-refractivity contribution in [2.24, 2.45) is 0 Å². The summed E-state index contributed by atoms with van der Waals surface area (Å²) in [5.41, 5.74) is 2.18. The number of esters is 1. The van der Waals surface area contributed by atoms with Crippen molar-refractivity contribution in [2.75, 3.05) is 11.5 Å². The Bertz CT molecular complexity index is 1850. The van der Waals surface area contributed by atoms with Crippen LogP contribution >= 0.6 is 0 Å². The number of rotatable bonds is 9. The number of carbonyl (C=O) groups excluding carboxylic acids is 2. The van der Waals surface area contributed by atoms with E-state index in [0.717, 1.165) is 24.5 Å². The molecule has 43 heavy (non-hydrogen) atoms. The molecule has 1 amide bonds. The van der Waals surface area contributed by atoms with Gasteiger partial charge in [0.1, 0.15) is 23.8 Å². The summed E-state index contributed by atoms with van der Waals surface area (Å²) in [6, 6.07) is 26.1. The summed E-state index contributed by atoms with van der Waals surface area (Å²) in [5.74, 6) is -1.06. The van der Waals surface area contributed by atoms with Gasteiger partial charge >= 0.3 is 5.97 Å². The molecule has 0 saturated heterocycles. The van der Waals surface area contributed by atoms with Crippen LogP contribution in [0.3, 0.4) is 0 Å². The molecule has 4 aromatic carbocycles. The lowest BCUT2D eigenvalue weighted by Crippen LogP contribution is -2.29. The van der Waals surface area contributed by atoms with Gasteiger partial charge < -0.3 is 13.9 Å². The maximum atomic E-state index is 14.1. The summed E-state index contributed by atoms with van der Waals surface area (Å²) in [5, 5.41) is 0.0476. The third-order valence-corrected chi connectivity index (χ3v) is 7.39. The molecule has 1 aliphatic rings. The van der Waals surface area contributed by atoms with Crippen LogP contribution in [0.2, 0.25) is 0 Å². The van der Waals surface area contributed by atoms with E-state index in [1.165, 1.54) is 17.0 Å². The van der Waals surface area contributed by atoms with Gasteiger partial charge in [0.05, 0.1) is 29.2 Å². The van der Waals surface area contributed by atoms with Gasteiger partial charge in [-0.15, -0.1) is 0 Å². The number of anilines is 1. The number of hydrogen-bond donors (Lipinski definition) is 0. The van der Waals surface area contributed by atoms with Crippen LogP contribution < -0.4 is 15.1 Å². The molecule has 6 rings (SSSR count). The van der Waals surface area contributed by atoms with E-state index in [1.54, 1.807) is 48.5 Å². The van der Waals surface area contributed by atoms with Gasteiger partial charge in [-0.3, -0.25) is 14.5 Å². The Morgan fingerprint density at radius 1 is 0.930 bits per heavy atom. The predicted molar refractivity (Wildman–Crippen MR) is 160 cm³/mol. The Morgan fingerprint density at radius 2 is 1.67 bits per heavy atom. The van der Waals surface area contributed by atoms with Crippen molar-refractivity contribution in [3.63, 3.8) is 0 Å². The molecule has 7 nitrogen and oxygen atoms in total. The highest BCUT2D eigenvalue weighted by atomic mass is 19.1. The van der Waals surface area contributed by atoms with E-state index in [2.05, 4.69) is 0 Å². The lowest BCUT2D eigenvalue weighted by molar-refractivity contribution is 0.0499. The molecule has 216 valence electrons. The van der Waals surface area contributed by atoms with E-state index in [-0.39, 0.29) is 22.3 Å². The number of hydrogen-bond acceptors (Lipinski definition) is 6. The van der Waals surface area contributed by atoms with Gasteiger partial charge in [0.15, 0.2) is 5.43 Å². The van der Waals surface area contributed by atoms with Crippen molar-refractivity contribution >= 4 is 28.5 Å². The van der Waals surface area contributed by atoms with Crippen LogP contribution in [-0.4, -0.2) is 18.5 Å². The van der Waals surface area contributed by atoms with Crippen LogP contribution in [0.25, 0.3) is 11.0 Å². The van der Waals surface area contributed by atoms with Crippen LogP contribution in [0, 0.1) is 5.82 Å². The van der Waals surface area contributed by atoms with Gasteiger partial charge in [-0.25, -0.2) is 9.18 Å². The van der Waals surface area contributed by atoms with Crippen LogP contribution in [0.15, 0.2) is 106 Å². The Balaban J connectivity index is 1.38. The molecular weight excluding hydrogens is 549 g/mol. The average molecular weight is 578 g/mol. The molecule has 1 aliphatic heterocycles. The number of benzene rings is 4. The highest BCUT2D eigenvalue weighted by Crippen LogP contribution is 2.41. The Morgan fingerprint density at radius 3 is 2.40 bits per heavy atom. The first kappa shape index (κ1) is 27.9. The standard InChI is InChI=1S/C35H28FNO6/c1-2-3-19-41-35(40)24-9-14-26(15-10-24)37-31(23-11-16-27(17-12-23)42-21-22-7-5-4-6-8-22)30-32(38)28-20-25(36)13-18-29(28)43-33(30)34(37)39/h4-18,20,31H,2-3,19,21H2,1H3. The fourth-order valence-electron chi connectivity index (χ4n) is 5.16. The molecule has 0 spiro atoms. The summed E-state index contributed by atoms with van der Waals surface area (Å²) < 4.78 is 31.3. The number of carbonyl (C=O) groups is 2. The minimum atomic E-state index is -0.864. The molecule has 0 bridgehead atoms. The Hall–Kier alpha value is -5.24. The summed E-state index contributed by atoms with van der Waals surface area (Å²) in [7, 11) is 0. The molecule has 0 fully saturated rings. The summed E-state index contributed by atoms with van der Waals surface area (Å²) in [6.07, 6.45) is 1.67. The van der Waals surface area contributed by atoms with Crippen LogP contribution in [-0.2, 0) is 11.3 Å². The molecule has 1 unspecified atom stereocenters. The SMILES string of the molecule is CCCCOC(=O)c1ccc(N2C(=O)c3oc4ccc(F)cc4c(=O)c3C2c2ccc(OCc3ccccc3)cc2)cc1. The van der Waals surface area contributed by atoms with E-state index in [4.69, 9.17) is 13.9 Å². The minimum absolute atomic E-state index is 0.0476. The van der Waals surface area contributed by atoms with Crippen molar-refractivity contribution in [3.05, 3.63) is 141 Å². The van der Waals surface area contributed by atoms with Crippen LogP contribution in [0.5, 0.6) is 5.75 Å². The van der Waals surface area contributed by atoms with Gasteiger partial charge in [0.25, 0.3) is 5.91 Å².